The van der Waals surface area contributed by atoms with Crippen LogP contribution in [0.25, 0.3) is 0 Å². The first kappa shape index (κ1) is 13.4. The Morgan fingerprint density at radius 2 is 2.00 bits per heavy atom. The van der Waals surface area contributed by atoms with Crippen LogP contribution in [0.1, 0.15) is 43.9 Å². The van der Waals surface area contributed by atoms with Crippen LogP contribution in [0.15, 0.2) is 18.2 Å². The van der Waals surface area contributed by atoms with Crippen LogP contribution in [-0.2, 0) is 6.42 Å². The van der Waals surface area contributed by atoms with Crippen molar-refractivity contribution < 1.29 is 0 Å². The van der Waals surface area contributed by atoms with E-state index in [4.69, 9.17) is 17.3 Å². The molecule has 3 heteroatoms. The number of nitrogens with zero attached hydrogens (tertiary/aromatic N) is 1. The van der Waals surface area contributed by atoms with Gasteiger partial charge in [0, 0.05) is 17.1 Å². The molecule has 1 aromatic carbocycles. The highest BCUT2D eigenvalue weighted by atomic mass is 35.5. The predicted molar refractivity (Wildman–Crippen MR) is 80.5 cm³/mol. The summed E-state index contributed by atoms with van der Waals surface area (Å²) < 4.78 is 0. The first-order valence-corrected chi connectivity index (χ1v) is 7.68. The van der Waals surface area contributed by atoms with Gasteiger partial charge in [0.25, 0.3) is 0 Å². The normalized spacial score (nSPS) is 26.1. The molecule has 0 aromatic heterocycles. The van der Waals surface area contributed by atoms with Crippen LogP contribution in [0.5, 0.6) is 0 Å². The van der Waals surface area contributed by atoms with Gasteiger partial charge in [0.1, 0.15) is 0 Å². The molecule has 0 bridgehead atoms. The fourth-order valence-electron chi connectivity index (χ4n) is 3.82. The highest BCUT2D eigenvalue weighted by Crippen LogP contribution is 2.52. The van der Waals surface area contributed by atoms with Crippen LogP contribution < -0.4 is 5.73 Å². The standard InChI is InChI=1S/C16H23ClN2/c1-11(2)19-8-6-16(7-9-19)10-13-12(15(16)18)4-3-5-14(13)17/h3-5,11,15H,6-10,18H2,1-2H3/t15-/m1/s1. The average Bonchev–Trinajstić information content (AvgIpc) is 2.66. The quantitative estimate of drug-likeness (QED) is 0.853. The number of nitrogens with two attached hydrogens (primary N) is 1. The zero-order valence-electron chi connectivity index (χ0n) is 11.8. The molecule has 0 amide bonds. The zero-order valence-corrected chi connectivity index (χ0v) is 12.6. The van der Waals surface area contributed by atoms with Crippen LogP contribution >= 0.6 is 11.6 Å². The largest absolute Gasteiger partial charge is 0.323 e. The molecule has 3 rings (SSSR count). The number of fused-ring (bicyclic) bond motifs is 1. The van der Waals surface area contributed by atoms with Crippen LogP contribution in [0.4, 0.5) is 0 Å². The molecule has 2 N–H and O–H groups in total. The first-order valence-electron chi connectivity index (χ1n) is 7.30. The first-order chi connectivity index (χ1) is 9.03. The lowest BCUT2D eigenvalue weighted by Crippen LogP contribution is -2.46. The van der Waals surface area contributed by atoms with Gasteiger partial charge in [-0.1, -0.05) is 23.7 Å². The van der Waals surface area contributed by atoms with Crippen molar-refractivity contribution in [1.82, 2.24) is 4.90 Å². The van der Waals surface area contributed by atoms with Crippen molar-refractivity contribution in [3.05, 3.63) is 34.3 Å². The summed E-state index contributed by atoms with van der Waals surface area (Å²) in [4.78, 5) is 2.56. The van der Waals surface area contributed by atoms with Crippen LogP contribution in [0, 0.1) is 5.41 Å². The number of hydrogen-bond donors (Lipinski definition) is 1. The number of benzene rings is 1. The molecule has 1 aromatic rings. The highest BCUT2D eigenvalue weighted by molar-refractivity contribution is 6.31. The van der Waals surface area contributed by atoms with Gasteiger partial charge in [0.15, 0.2) is 0 Å². The fourth-order valence-corrected chi connectivity index (χ4v) is 4.07. The summed E-state index contributed by atoms with van der Waals surface area (Å²) >= 11 is 6.35. The maximum absolute atomic E-state index is 6.57. The molecule has 0 saturated carbocycles. The molecule has 19 heavy (non-hydrogen) atoms. The van der Waals surface area contributed by atoms with E-state index in [0.29, 0.717) is 6.04 Å². The third-order valence-corrected chi connectivity index (χ3v) is 5.56. The lowest BCUT2D eigenvalue weighted by molar-refractivity contribution is 0.0711. The van der Waals surface area contributed by atoms with Crippen molar-refractivity contribution in [1.29, 1.82) is 0 Å². The van der Waals surface area contributed by atoms with Gasteiger partial charge in [0.2, 0.25) is 0 Å². The summed E-state index contributed by atoms with van der Waals surface area (Å²) in [6, 6.07) is 6.99. The van der Waals surface area contributed by atoms with E-state index in [1.54, 1.807) is 0 Å². The molecule has 0 unspecified atom stereocenters. The van der Waals surface area contributed by atoms with Crippen LogP contribution in [-0.4, -0.2) is 24.0 Å². The monoisotopic (exact) mass is 278 g/mol. The molecule has 2 aliphatic rings. The lowest BCUT2D eigenvalue weighted by atomic mass is 9.73. The van der Waals surface area contributed by atoms with Crippen molar-refractivity contribution in [2.24, 2.45) is 11.1 Å². The Hall–Kier alpha value is -0.570. The summed E-state index contributed by atoms with van der Waals surface area (Å²) in [7, 11) is 0. The van der Waals surface area contributed by atoms with Gasteiger partial charge in [-0.2, -0.15) is 0 Å². The number of rotatable bonds is 1. The predicted octanol–water partition coefficient (Wildman–Crippen LogP) is 3.39. The van der Waals surface area contributed by atoms with Gasteiger partial charge < -0.3 is 10.6 Å². The van der Waals surface area contributed by atoms with E-state index in [2.05, 4.69) is 24.8 Å². The third kappa shape index (κ3) is 2.10. The van der Waals surface area contributed by atoms with E-state index in [0.717, 1.165) is 24.5 Å². The molecule has 1 saturated heterocycles. The Kier molecular flexibility index (Phi) is 3.36. The van der Waals surface area contributed by atoms with Crippen molar-refractivity contribution in [2.45, 2.75) is 45.2 Å². The van der Waals surface area contributed by atoms with Gasteiger partial charge in [-0.15, -0.1) is 0 Å². The van der Waals surface area contributed by atoms with Gasteiger partial charge in [-0.3, -0.25) is 0 Å². The van der Waals surface area contributed by atoms with Gasteiger partial charge in [-0.05, 0) is 68.8 Å². The smallest absolute Gasteiger partial charge is 0.0441 e. The second-order valence-corrected chi connectivity index (χ2v) is 6.86. The SMILES string of the molecule is CC(C)N1CCC2(CC1)Cc1c(Cl)cccc1[C@H]2N. The Bertz CT molecular complexity index is 476. The van der Waals surface area contributed by atoms with E-state index in [9.17, 15) is 0 Å². The summed E-state index contributed by atoms with van der Waals surface area (Å²) in [5.74, 6) is 0. The molecule has 1 spiro atoms. The molecule has 0 radical (unpaired) electrons. The maximum Gasteiger partial charge on any atom is 0.0441 e. The minimum absolute atomic E-state index is 0.163. The molecular weight excluding hydrogens is 256 g/mol. The summed E-state index contributed by atoms with van der Waals surface area (Å²) in [6.07, 6.45) is 3.45. The Balaban J connectivity index is 1.84. The lowest BCUT2D eigenvalue weighted by Gasteiger charge is -2.43. The van der Waals surface area contributed by atoms with E-state index in [1.165, 1.54) is 24.0 Å². The second kappa shape index (κ2) is 4.76. The van der Waals surface area contributed by atoms with Crippen LogP contribution in [0.2, 0.25) is 5.02 Å². The Morgan fingerprint density at radius 3 is 2.58 bits per heavy atom. The van der Waals surface area contributed by atoms with Gasteiger partial charge in [-0.25, -0.2) is 0 Å². The van der Waals surface area contributed by atoms with Crippen molar-refractivity contribution >= 4 is 11.6 Å². The van der Waals surface area contributed by atoms with Crippen molar-refractivity contribution in [3.63, 3.8) is 0 Å². The minimum Gasteiger partial charge on any atom is -0.323 e. The molecule has 1 heterocycles. The van der Waals surface area contributed by atoms with E-state index >= 15 is 0 Å². The Morgan fingerprint density at radius 1 is 1.32 bits per heavy atom. The average molecular weight is 279 g/mol. The number of likely N-dealkylation sites (tertiary alicyclic amines) is 1. The molecule has 1 aliphatic heterocycles. The van der Waals surface area contributed by atoms with E-state index in [-0.39, 0.29) is 11.5 Å². The molecule has 2 nitrogen and oxygen atoms in total. The van der Waals surface area contributed by atoms with Crippen molar-refractivity contribution in [2.75, 3.05) is 13.1 Å². The van der Waals surface area contributed by atoms with E-state index in [1.807, 2.05) is 12.1 Å². The van der Waals surface area contributed by atoms with Gasteiger partial charge in [0.05, 0.1) is 0 Å². The second-order valence-electron chi connectivity index (χ2n) is 6.45. The topological polar surface area (TPSA) is 29.3 Å². The number of hydrogen-bond acceptors (Lipinski definition) is 2. The molecular formula is C16H23ClN2. The summed E-state index contributed by atoms with van der Waals surface area (Å²) in [6.45, 7) is 6.88. The molecule has 1 fully saturated rings. The minimum atomic E-state index is 0.163. The van der Waals surface area contributed by atoms with Gasteiger partial charge >= 0.3 is 0 Å². The highest BCUT2D eigenvalue weighted by Gasteiger charge is 2.46. The third-order valence-electron chi connectivity index (χ3n) is 5.20. The van der Waals surface area contributed by atoms with E-state index < -0.39 is 0 Å². The Labute approximate surface area is 120 Å². The molecule has 1 aliphatic carbocycles. The number of halogens is 1. The number of piperidine rings is 1. The summed E-state index contributed by atoms with van der Waals surface area (Å²) in [5, 5.41) is 0.899. The molecule has 1 atom stereocenters. The van der Waals surface area contributed by atoms with Crippen LogP contribution in [0.3, 0.4) is 0 Å². The summed E-state index contributed by atoms with van der Waals surface area (Å²) in [5.41, 5.74) is 9.40. The maximum atomic E-state index is 6.57. The van der Waals surface area contributed by atoms with Crippen molar-refractivity contribution in [3.8, 4) is 0 Å². The fraction of sp³-hybridized carbons (Fsp3) is 0.625. The zero-order chi connectivity index (χ0) is 13.6. The molecule has 104 valence electrons.